The number of nitrogens with one attached hydrogen (secondary N) is 1. The lowest BCUT2D eigenvalue weighted by molar-refractivity contribution is 0.687. The second-order valence-corrected chi connectivity index (χ2v) is 5.68. The van der Waals surface area contributed by atoms with Gasteiger partial charge in [0.1, 0.15) is 5.82 Å². The van der Waals surface area contributed by atoms with Gasteiger partial charge in [-0.2, -0.15) is 0 Å². The number of anilines is 1. The topological polar surface area (TPSA) is 42.0 Å². The Morgan fingerprint density at radius 3 is 2.86 bits per heavy atom. The summed E-state index contributed by atoms with van der Waals surface area (Å²) < 4.78 is 12.0. The van der Waals surface area contributed by atoms with Gasteiger partial charge in [0.05, 0.1) is 5.69 Å². The van der Waals surface area contributed by atoms with Crippen molar-refractivity contribution in [2.75, 3.05) is 23.9 Å². The molecule has 1 atom stereocenters. The predicted molar refractivity (Wildman–Crippen MR) is 69.1 cm³/mol. The molecule has 1 rings (SSSR count). The van der Waals surface area contributed by atoms with Crippen molar-refractivity contribution in [3.8, 4) is 0 Å². The van der Waals surface area contributed by atoms with Crippen molar-refractivity contribution in [2.45, 2.75) is 6.92 Å². The highest BCUT2D eigenvalue weighted by atomic mass is 127. The second-order valence-electron chi connectivity index (χ2n) is 2.97. The van der Waals surface area contributed by atoms with Crippen molar-refractivity contribution in [3.63, 3.8) is 0 Å². The first-order valence-electron chi connectivity index (χ1n) is 4.26. The lowest BCUT2D eigenvalue weighted by atomic mass is 10.4. The zero-order chi connectivity index (χ0) is 10.6. The number of halogens is 1. The van der Waals surface area contributed by atoms with Gasteiger partial charge < -0.3 is 5.32 Å². The quantitative estimate of drug-likeness (QED) is 0.859. The molecule has 0 aromatic carbocycles. The Labute approximate surface area is 100 Å². The van der Waals surface area contributed by atoms with Crippen LogP contribution in [-0.4, -0.2) is 27.7 Å². The number of hydrogen-bond donors (Lipinski definition) is 1. The van der Waals surface area contributed by atoms with E-state index in [1.807, 2.05) is 19.1 Å². The molecular weight excluding hydrogens is 311 g/mol. The van der Waals surface area contributed by atoms with Gasteiger partial charge in [-0.25, -0.2) is 4.98 Å². The summed E-state index contributed by atoms with van der Waals surface area (Å²) in [5.41, 5.74) is 1.02. The maximum atomic E-state index is 10.8. The molecule has 78 valence electrons. The normalized spacial score (nSPS) is 12.5. The molecule has 5 heteroatoms. The van der Waals surface area contributed by atoms with Crippen LogP contribution in [0.15, 0.2) is 12.1 Å². The minimum atomic E-state index is -0.741. The number of aromatic nitrogens is 1. The smallest absolute Gasteiger partial charge is 0.126 e. The third kappa shape index (κ3) is 3.91. The highest BCUT2D eigenvalue weighted by molar-refractivity contribution is 14.1. The first kappa shape index (κ1) is 11.9. The predicted octanol–water partition coefficient (Wildman–Crippen LogP) is 1.79. The fraction of sp³-hybridized carbons (Fsp3) is 0.444. The molecule has 0 spiro atoms. The van der Waals surface area contributed by atoms with E-state index in [-0.39, 0.29) is 0 Å². The lowest BCUT2D eigenvalue weighted by Crippen LogP contribution is -2.11. The third-order valence-electron chi connectivity index (χ3n) is 1.72. The van der Waals surface area contributed by atoms with Gasteiger partial charge in [0.2, 0.25) is 0 Å². The van der Waals surface area contributed by atoms with Crippen LogP contribution >= 0.6 is 22.6 Å². The molecule has 3 nitrogen and oxygen atoms in total. The Hall–Kier alpha value is -0.170. The number of rotatable bonds is 4. The van der Waals surface area contributed by atoms with Crippen molar-refractivity contribution in [2.24, 2.45) is 0 Å². The average molecular weight is 324 g/mol. The molecule has 0 radical (unpaired) electrons. The third-order valence-corrected chi connectivity index (χ3v) is 3.64. The zero-order valence-electron chi connectivity index (χ0n) is 8.21. The summed E-state index contributed by atoms with van der Waals surface area (Å²) in [7, 11) is -0.741. The van der Waals surface area contributed by atoms with E-state index in [2.05, 4.69) is 32.9 Å². The van der Waals surface area contributed by atoms with Gasteiger partial charge in [-0.3, -0.25) is 4.21 Å². The van der Waals surface area contributed by atoms with Crippen molar-refractivity contribution in [1.82, 2.24) is 4.98 Å². The fourth-order valence-electron chi connectivity index (χ4n) is 0.965. The minimum Gasteiger partial charge on any atom is -0.369 e. The van der Waals surface area contributed by atoms with Gasteiger partial charge >= 0.3 is 0 Å². The van der Waals surface area contributed by atoms with E-state index in [1.165, 1.54) is 0 Å². The maximum Gasteiger partial charge on any atom is 0.126 e. The molecule has 1 N–H and O–H groups in total. The maximum absolute atomic E-state index is 10.8. The summed E-state index contributed by atoms with van der Waals surface area (Å²) >= 11 is 2.25. The molecule has 0 aliphatic rings. The van der Waals surface area contributed by atoms with Gasteiger partial charge in [-0.1, -0.05) is 0 Å². The molecule has 0 amide bonds. The van der Waals surface area contributed by atoms with E-state index in [9.17, 15) is 4.21 Å². The first-order valence-corrected chi connectivity index (χ1v) is 7.07. The minimum absolute atomic E-state index is 0.659. The molecule has 0 fully saturated rings. The fourth-order valence-corrected chi connectivity index (χ4v) is 1.66. The summed E-state index contributed by atoms with van der Waals surface area (Å²) in [5, 5.41) is 3.14. The van der Waals surface area contributed by atoms with Crippen molar-refractivity contribution >= 4 is 39.2 Å². The monoisotopic (exact) mass is 324 g/mol. The highest BCUT2D eigenvalue weighted by Gasteiger charge is 1.98. The second kappa shape index (κ2) is 5.65. The van der Waals surface area contributed by atoms with Crippen LogP contribution in [0, 0.1) is 10.5 Å². The summed E-state index contributed by atoms with van der Waals surface area (Å²) in [6.07, 6.45) is 1.70. The standard InChI is InChI=1S/C9H13IN2OS/c1-7-8(10)3-4-9(12-7)11-5-6-14(2)13/h3-4H,5-6H2,1-2H3,(H,11,12). The first-order chi connectivity index (χ1) is 6.59. The summed E-state index contributed by atoms with van der Waals surface area (Å²) in [6.45, 7) is 2.68. The van der Waals surface area contributed by atoms with Crippen molar-refractivity contribution in [1.29, 1.82) is 0 Å². The van der Waals surface area contributed by atoms with Gasteiger partial charge in [-0.15, -0.1) is 0 Å². The Balaban J connectivity index is 2.51. The summed E-state index contributed by atoms with van der Waals surface area (Å²) in [4.78, 5) is 4.35. The van der Waals surface area contributed by atoms with E-state index in [4.69, 9.17) is 0 Å². The van der Waals surface area contributed by atoms with E-state index in [1.54, 1.807) is 6.26 Å². The number of pyridine rings is 1. The van der Waals surface area contributed by atoms with Gasteiger partial charge in [-0.05, 0) is 41.6 Å². The summed E-state index contributed by atoms with van der Waals surface area (Å²) in [5.74, 6) is 1.51. The van der Waals surface area contributed by atoms with Gasteiger partial charge in [0, 0.05) is 32.9 Å². The van der Waals surface area contributed by atoms with Crippen LogP contribution in [0.1, 0.15) is 5.69 Å². The molecule has 1 aromatic rings. The van der Waals surface area contributed by atoms with Gasteiger partial charge in [0.25, 0.3) is 0 Å². The van der Waals surface area contributed by atoms with Crippen LogP contribution in [0.2, 0.25) is 0 Å². The number of hydrogen-bond acceptors (Lipinski definition) is 3. The lowest BCUT2D eigenvalue weighted by Gasteiger charge is -2.05. The Kier molecular flexibility index (Phi) is 4.80. The highest BCUT2D eigenvalue weighted by Crippen LogP contribution is 2.11. The molecule has 14 heavy (non-hydrogen) atoms. The van der Waals surface area contributed by atoms with E-state index >= 15 is 0 Å². The Morgan fingerprint density at radius 1 is 1.57 bits per heavy atom. The van der Waals surface area contributed by atoms with Crippen LogP contribution in [0.25, 0.3) is 0 Å². The average Bonchev–Trinajstić information content (AvgIpc) is 2.10. The van der Waals surface area contributed by atoms with E-state index in [0.717, 1.165) is 15.1 Å². The Morgan fingerprint density at radius 2 is 2.29 bits per heavy atom. The molecular formula is C9H13IN2OS. The SMILES string of the molecule is Cc1nc(NCCS(C)=O)ccc1I. The van der Waals surface area contributed by atoms with Crippen LogP contribution in [-0.2, 0) is 10.8 Å². The molecule has 1 aromatic heterocycles. The Bertz CT molecular complexity index is 344. The van der Waals surface area contributed by atoms with E-state index < -0.39 is 10.8 Å². The molecule has 0 saturated carbocycles. The molecule has 0 aliphatic carbocycles. The number of nitrogens with zero attached hydrogens (tertiary/aromatic N) is 1. The molecule has 1 heterocycles. The summed E-state index contributed by atoms with van der Waals surface area (Å²) in [6, 6.07) is 3.96. The largest absolute Gasteiger partial charge is 0.369 e. The molecule has 0 saturated heterocycles. The zero-order valence-corrected chi connectivity index (χ0v) is 11.2. The molecule has 1 unspecified atom stereocenters. The molecule has 0 aliphatic heterocycles. The van der Waals surface area contributed by atoms with Crippen molar-refractivity contribution < 1.29 is 4.21 Å². The van der Waals surface area contributed by atoms with Crippen LogP contribution < -0.4 is 5.32 Å². The van der Waals surface area contributed by atoms with Gasteiger partial charge in [0.15, 0.2) is 0 Å². The van der Waals surface area contributed by atoms with E-state index in [0.29, 0.717) is 12.3 Å². The van der Waals surface area contributed by atoms with Crippen LogP contribution in [0.4, 0.5) is 5.82 Å². The number of aryl methyl sites for hydroxylation is 1. The van der Waals surface area contributed by atoms with Crippen LogP contribution in [0.5, 0.6) is 0 Å². The molecule has 0 bridgehead atoms. The van der Waals surface area contributed by atoms with Crippen LogP contribution in [0.3, 0.4) is 0 Å². The van der Waals surface area contributed by atoms with Crippen molar-refractivity contribution in [3.05, 3.63) is 21.4 Å².